The molecule has 7 rings (SSSR count). The highest BCUT2D eigenvalue weighted by Gasteiger charge is 2.26. The van der Waals surface area contributed by atoms with E-state index in [1.165, 1.54) is 104 Å². The Bertz CT molecular complexity index is 1730. The van der Waals surface area contributed by atoms with Crippen LogP contribution in [0.1, 0.15) is 59.3 Å². The summed E-state index contributed by atoms with van der Waals surface area (Å²) in [5.41, 5.74) is 8.39. The van der Waals surface area contributed by atoms with E-state index < -0.39 is 0 Å². The molecule has 0 atom stereocenters. The Morgan fingerprint density at radius 1 is 0.425 bits per heavy atom. The summed E-state index contributed by atoms with van der Waals surface area (Å²) < 4.78 is 7.98. The lowest BCUT2D eigenvalue weighted by molar-refractivity contribution is 0.662. The molecule has 0 amide bonds. The first kappa shape index (κ1) is 27.2. The second-order valence-electron chi connectivity index (χ2n) is 11.2. The number of halogens is 1. The van der Waals surface area contributed by atoms with Crippen LogP contribution >= 0.6 is 24.0 Å². The van der Waals surface area contributed by atoms with Gasteiger partial charge >= 0.3 is 0 Å². The highest BCUT2D eigenvalue weighted by molar-refractivity contribution is 14.0. The lowest BCUT2D eigenvalue weighted by atomic mass is 10.0. The van der Waals surface area contributed by atoms with Crippen LogP contribution < -0.4 is 0 Å². The van der Waals surface area contributed by atoms with Crippen molar-refractivity contribution in [2.75, 3.05) is 0 Å². The first-order chi connectivity index (χ1) is 19.3. The minimum absolute atomic E-state index is 0. The summed E-state index contributed by atoms with van der Waals surface area (Å²) in [5, 5.41) is 8.49. The van der Waals surface area contributed by atoms with Crippen LogP contribution in [0.5, 0.6) is 0 Å². The zero-order valence-electron chi connectivity index (χ0n) is 24.0. The van der Waals surface area contributed by atoms with E-state index in [0.717, 1.165) is 19.6 Å². The van der Waals surface area contributed by atoms with E-state index in [0.29, 0.717) is 0 Å². The van der Waals surface area contributed by atoms with Gasteiger partial charge in [-0.15, -0.1) is 24.0 Å². The maximum Gasteiger partial charge on any atom is 0.0614 e. The Morgan fingerprint density at radius 2 is 0.700 bits per heavy atom. The van der Waals surface area contributed by atoms with Crippen molar-refractivity contribution in [2.45, 2.75) is 78.9 Å². The van der Waals surface area contributed by atoms with Crippen molar-refractivity contribution >= 4 is 89.4 Å². The third kappa shape index (κ3) is 3.89. The number of benzene rings is 4. The summed E-state index contributed by atoms with van der Waals surface area (Å²) in [5.74, 6) is 0. The Morgan fingerprint density at radius 3 is 0.975 bits per heavy atom. The average molecular weight is 642 g/mol. The van der Waals surface area contributed by atoms with Crippen molar-refractivity contribution in [3.8, 4) is 0 Å². The smallest absolute Gasteiger partial charge is 0.0614 e. The van der Waals surface area contributed by atoms with Gasteiger partial charge in [-0.05, 0) is 37.5 Å². The van der Waals surface area contributed by atoms with E-state index in [1.54, 1.807) is 0 Å². The SMILES string of the molecule is CCCCn1c2ccccc2c2c1c1c3ccccc3n(CCCC)c1c1c3ccccc3n(CCCC)c21.I. The van der Waals surface area contributed by atoms with Crippen LogP contribution in [0.2, 0.25) is 0 Å². The standard InChI is InChI=1S/C36H39N3.HI/c1-4-7-22-37-28-19-13-10-16-25(28)31-34(37)32-26-17-11-14-20-29(26)38(23-8-5-2)36(32)33-27-18-12-15-21-30(27)39(35(31)33)24-9-6-3;/h10-21H,4-9,22-24H2,1-3H3;1H. The van der Waals surface area contributed by atoms with Crippen molar-refractivity contribution in [1.29, 1.82) is 0 Å². The maximum atomic E-state index is 2.66. The monoisotopic (exact) mass is 641 g/mol. The van der Waals surface area contributed by atoms with Crippen LogP contribution in [0.3, 0.4) is 0 Å². The molecule has 0 aliphatic rings. The second-order valence-corrected chi connectivity index (χ2v) is 11.2. The van der Waals surface area contributed by atoms with E-state index in [9.17, 15) is 0 Å². The predicted octanol–water partition coefficient (Wildman–Crippen LogP) is 11.0. The van der Waals surface area contributed by atoms with Gasteiger partial charge < -0.3 is 13.7 Å². The Labute approximate surface area is 253 Å². The average Bonchev–Trinajstić information content (AvgIpc) is 3.59. The number of para-hydroxylation sites is 3. The van der Waals surface area contributed by atoms with Gasteiger partial charge in [0.05, 0.1) is 16.6 Å². The van der Waals surface area contributed by atoms with Crippen molar-refractivity contribution < 1.29 is 0 Å². The minimum Gasteiger partial charge on any atom is -0.340 e. The van der Waals surface area contributed by atoms with Gasteiger partial charge in [-0.25, -0.2) is 0 Å². The van der Waals surface area contributed by atoms with Crippen LogP contribution in [0.25, 0.3) is 65.4 Å². The van der Waals surface area contributed by atoms with E-state index >= 15 is 0 Å². The quantitative estimate of drug-likeness (QED) is 0.139. The summed E-state index contributed by atoms with van der Waals surface area (Å²) in [4.78, 5) is 0. The Hall–Kier alpha value is -2.99. The fourth-order valence-electron chi connectivity index (χ4n) is 7.05. The molecule has 0 unspecified atom stereocenters. The molecule has 206 valence electrons. The molecule has 0 aliphatic heterocycles. The normalized spacial score (nSPS) is 12.1. The number of rotatable bonds is 9. The summed E-state index contributed by atoms with van der Waals surface area (Å²) in [6, 6.07) is 27.5. The molecule has 0 saturated carbocycles. The minimum atomic E-state index is 0. The van der Waals surface area contributed by atoms with Gasteiger partial charge in [0, 0.05) is 68.5 Å². The molecular weight excluding hydrogens is 601 g/mol. The maximum absolute atomic E-state index is 2.66. The Balaban J connectivity index is 0.00000289. The van der Waals surface area contributed by atoms with Gasteiger partial charge in [0.25, 0.3) is 0 Å². The van der Waals surface area contributed by atoms with Crippen molar-refractivity contribution in [1.82, 2.24) is 13.7 Å². The molecule has 0 saturated heterocycles. The van der Waals surface area contributed by atoms with Gasteiger partial charge in [-0.1, -0.05) is 94.6 Å². The predicted molar refractivity (Wildman–Crippen MR) is 186 cm³/mol. The zero-order chi connectivity index (χ0) is 26.5. The first-order valence-corrected chi connectivity index (χ1v) is 15.1. The topological polar surface area (TPSA) is 14.8 Å². The highest BCUT2D eigenvalue weighted by atomic mass is 127. The fraction of sp³-hybridized carbons (Fsp3) is 0.333. The molecule has 40 heavy (non-hydrogen) atoms. The van der Waals surface area contributed by atoms with E-state index in [1.807, 2.05) is 0 Å². The first-order valence-electron chi connectivity index (χ1n) is 15.1. The summed E-state index contributed by atoms with van der Waals surface area (Å²) in [6.07, 6.45) is 7.11. The number of hydrogen-bond acceptors (Lipinski definition) is 0. The molecule has 3 heterocycles. The van der Waals surface area contributed by atoms with Crippen molar-refractivity contribution in [3.63, 3.8) is 0 Å². The van der Waals surface area contributed by atoms with Gasteiger partial charge in [0.2, 0.25) is 0 Å². The van der Waals surface area contributed by atoms with E-state index in [2.05, 4.69) is 107 Å². The molecular formula is C36H40IN3. The van der Waals surface area contributed by atoms with Crippen molar-refractivity contribution in [2.24, 2.45) is 0 Å². The lowest BCUT2D eigenvalue weighted by Gasteiger charge is -2.13. The summed E-state index contributed by atoms with van der Waals surface area (Å²) in [6.45, 7) is 10.1. The van der Waals surface area contributed by atoms with Crippen LogP contribution in [0.4, 0.5) is 0 Å². The summed E-state index contributed by atoms with van der Waals surface area (Å²) in [7, 11) is 0. The molecule has 0 fully saturated rings. The molecule has 0 spiro atoms. The third-order valence-corrected chi connectivity index (χ3v) is 8.83. The lowest BCUT2D eigenvalue weighted by Crippen LogP contribution is -2.01. The molecule has 4 aromatic carbocycles. The number of aryl methyl sites for hydroxylation is 3. The largest absolute Gasteiger partial charge is 0.340 e. The number of hydrogen-bond donors (Lipinski definition) is 0. The van der Waals surface area contributed by atoms with Crippen LogP contribution in [0.15, 0.2) is 72.8 Å². The molecule has 0 aliphatic carbocycles. The molecule has 3 nitrogen and oxygen atoms in total. The van der Waals surface area contributed by atoms with Crippen LogP contribution in [-0.4, -0.2) is 13.7 Å². The number of fused-ring (bicyclic) bond motifs is 12. The summed E-state index contributed by atoms with van der Waals surface area (Å²) >= 11 is 0. The van der Waals surface area contributed by atoms with Gasteiger partial charge in [0.15, 0.2) is 0 Å². The Kier molecular flexibility index (Phi) is 7.56. The number of unbranched alkanes of at least 4 members (excludes halogenated alkanes) is 3. The molecule has 0 radical (unpaired) electrons. The van der Waals surface area contributed by atoms with E-state index in [-0.39, 0.29) is 24.0 Å². The van der Waals surface area contributed by atoms with Crippen LogP contribution in [0, 0.1) is 0 Å². The molecule has 0 bridgehead atoms. The number of nitrogens with zero attached hydrogens (tertiary/aromatic N) is 3. The van der Waals surface area contributed by atoms with Crippen molar-refractivity contribution in [3.05, 3.63) is 72.8 Å². The molecule has 4 heteroatoms. The zero-order valence-corrected chi connectivity index (χ0v) is 26.4. The molecule has 3 aromatic heterocycles. The fourth-order valence-corrected chi connectivity index (χ4v) is 7.05. The highest BCUT2D eigenvalue weighted by Crippen LogP contribution is 2.48. The van der Waals surface area contributed by atoms with Gasteiger partial charge in [-0.2, -0.15) is 0 Å². The second kappa shape index (κ2) is 11.1. The van der Waals surface area contributed by atoms with Gasteiger partial charge in [0.1, 0.15) is 0 Å². The molecule has 0 N–H and O–H groups in total. The van der Waals surface area contributed by atoms with Gasteiger partial charge in [-0.3, -0.25) is 0 Å². The third-order valence-electron chi connectivity index (χ3n) is 8.83. The number of aromatic nitrogens is 3. The van der Waals surface area contributed by atoms with E-state index in [4.69, 9.17) is 0 Å². The molecule has 7 aromatic rings. The van der Waals surface area contributed by atoms with Crippen LogP contribution in [-0.2, 0) is 19.6 Å².